The first-order valence-corrected chi connectivity index (χ1v) is 10.9. The minimum absolute atomic E-state index is 0.0186. The molecule has 0 fully saturated rings. The summed E-state index contributed by atoms with van der Waals surface area (Å²) in [6, 6.07) is 20.0. The van der Waals surface area contributed by atoms with Crippen molar-refractivity contribution < 1.29 is 4.79 Å². The molecule has 0 saturated carbocycles. The molecule has 1 aliphatic rings. The van der Waals surface area contributed by atoms with E-state index >= 15 is 0 Å². The standard InChI is InChI=1S/C27H27N3O2/c1-18-5-3-4-6-24(18)25(17-26(30-32)23-12-13-28-19(2)15-23)21-9-7-20(8-10-21)22-11-14-29-27(31)16-22/h3-10,12-13,15-16,25-26H,11,14,17H2,1-2H3,(H,29,31). The Morgan fingerprint density at radius 3 is 2.50 bits per heavy atom. The highest BCUT2D eigenvalue weighted by Crippen LogP contribution is 2.37. The van der Waals surface area contributed by atoms with E-state index in [1.54, 1.807) is 12.3 Å². The molecule has 0 radical (unpaired) electrons. The van der Waals surface area contributed by atoms with Crippen molar-refractivity contribution in [2.75, 3.05) is 6.54 Å². The van der Waals surface area contributed by atoms with Crippen LogP contribution in [-0.4, -0.2) is 17.4 Å². The van der Waals surface area contributed by atoms with Gasteiger partial charge in [-0.15, -0.1) is 0 Å². The zero-order valence-corrected chi connectivity index (χ0v) is 18.4. The van der Waals surface area contributed by atoms with E-state index in [-0.39, 0.29) is 11.8 Å². The monoisotopic (exact) mass is 425 g/mol. The minimum Gasteiger partial charge on any atom is -0.352 e. The molecule has 5 heteroatoms. The van der Waals surface area contributed by atoms with Crippen LogP contribution in [0.15, 0.2) is 78.1 Å². The summed E-state index contributed by atoms with van der Waals surface area (Å²) in [4.78, 5) is 27.8. The van der Waals surface area contributed by atoms with Crippen LogP contribution in [0.3, 0.4) is 0 Å². The molecule has 0 aliphatic carbocycles. The third-order valence-corrected chi connectivity index (χ3v) is 6.14. The fourth-order valence-electron chi connectivity index (χ4n) is 4.42. The average molecular weight is 426 g/mol. The number of rotatable bonds is 7. The van der Waals surface area contributed by atoms with Crippen molar-refractivity contribution in [1.29, 1.82) is 0 Å². The van der Waals surface area contributed by atoms with Crippen LogP contribution in [0.25, 0.3) is 5.57 Å². The Labute approximate surface area is 188 Å². The number of amides is 1. The fourth-order valence-corrected chi connectivity index (χ4v) is 4.42. The summed E-state index contributed by atoms with van der Waals surface area (Å²) < 4.78 is 0. The number of pyridine rings is 1. The largest absolute Gasteiger partial charge is 0.352 e. The van der Waals surface area contributed by atoms with E-state index in [0.29, 0.717) is 13.0 Å². The third-order valence-electron chi connectivity index (χ3n) is 6.14. The second-order valence-corrected chi connectivity index (χ2v) is 8.33. The second-order valence-electron chi connectivity index (χ2n) is 8.33. The van der Waals surface area contributed by atoms with Crippen LogP contribution in [0.4, 0.5) is 0 Å². The van der Waals surface area contributed by atoms with E-state index in [0.717, 1.165) is 34.4 Å². The molecule has 32 heavy (non-hydrogen) atoms. The van der Waals surface area contributed by atoms with Gasteiger partial charge in [-0.2, -0.15) is 4.91 Å². The van der Waals surface area contributed by atoms with Crippen molar-refractivity contribution in [1.82, 2.24) is 10.3 Å². The molecule has 2 heterocycles. The molecule has 0 spiro atoms. The van der Waals surface area contributed by atoms with E-state index in [1.165, 1.54) is 11.1 Å². The molecule has 2 atom stereocenters. The molecule has 162 valence electrons. The van der Waals surface area contributed by atoms with Gasteiger partial charge in [-0.1, -0.05) is 53.7 Å². The molecule has 2 unspecified atom stereocenters. The molecule has 1 aromatic heterocycles. The van der Waals surface area contributed by atoms with Gasteiger partial charge in [0.15, 0.2) is 0 Å². The Balaban J connectivity index is 1.69. The first kappa shape index (κ1) is 21.6. The van der Waals surface area contributed by atoms with Gasteiger partial charge in [0, 0.05) is 30.4 Å². The zero-order chi connectivity index (χ0) is 22.5. The molecule has 1 N–H and O–H groups in total. The molecule has 2 aromatic carbocycles. The number of carbonyl (C=O) groups is 1. The Bertz CT molecular complexity index is 1150. The highest BCUT2D eigenvalue weighted by Gasteiger charge is 2.24. The number of hydrogen-bond donors (Lipinski definition) is 1. The molecule has 4 rings (SSSR count). The maximum Gasteiger partial charge on any atom is 0.244 e. The van der Waals surface area contributed by atoms with Gasteiger partial charge in [0.1, 0.15) is 6.04 Å². The summed E-state index contributed by atoms with van der Waals surface area (Å²) in [7, 11) is 0. The molecule has 1 amide bonds. The van der Waals surface area contributed by atoms with E-state index < -0.39 is 6.04 Å². The lowest BCUT2D eigenvalue weighted by Crippen LogP contribution is -2.26. The topological polar surface area (TPSA) is 71.4 Å². The third kappa shape index (κ3) is 4.83. The van der Waals surface area contributed by atoms with Crippen molar-refractivity contribution in [2.45, 2.75) is 38.6 Å². The lowest BCUT2D eigenvalue weighted by molar-refractivity contribution is -0.116. The molecule has 3 aromatic rings. The molecule has 5 nitrogen and oxygen atoms in total. The van der Waals surface area contributed by atoms with Crippen molar-refractivity contribution in [3.05, 3.63) is 111 Å². The number of nitroso groups, excluding NO2 is 1. The van der Waals surface area contributed by atoms with E-state index in [1.807, 2.05) is 31.2 Å². The van der Waals surface area contributed by atoms with Gasteiger partial charge in [-0.05, 0) is 72.2 Å². The fraction of sp³-hybridized carbons (Fsp3) is 0.259. The minimum atomic E-state index is -0.467. The summed E-state index contributed by atoms with van der Waals surface area (Å²) in [6.07, 6.45) is 4.80. The molecular weight excluding hydrogens is 398 g/mol. The van der Waals surface area contributed by atoms with Crippen LogP contribution < -0.4 is 5.32 Å². The molecule has 0 bridgehead atoms. The van der Waals surface area contributed by atoms with Gasteiger partial charge >= 0.3 is 0 Å². The average Bonchev–Trinajstić information content (AvgIpc) is 2.81. The number of aryl methyl sites for hydroxylation is 2. The smallest absolute Gasteiger partial charge is 0.244 e. The van der Waals surface area contributed by atoms with E-state index in [4.69, 9.17) is 0 Å². The predicted octanol–water partition coefficient (Wildman–Crippen LogP) is 5.63. The Hall–Kier alpha value is -3.60. The lowest BCUT2D eigenvalue weighted by atomic mass is 9.82. The van der Waals surface area contributed by atoms with Gasteiger partial charge in [0.25, 0.3) is 0 Å². The maximum atomic E-state index is 11.9. The zero-order valence-electron chi connectivity index (χ0n) is 18.4. The van der Waals surface area contributed by atoms with Crippen LogP contribution in [0, 0.1) is 18.8 Å². The summed E-state index contributed by atoms with van der Waals surface area (Å²) in [5, 5.41) is 6.31. The van der Waals surface area contributed by atoms with Crippen LogP contribution in [0.1, 0.15) is 58.3 Å². The number of carbonyl (C=O) groups excluding carboxylic acids is 1. The first-order valence-electron chi connectivity index (χ1n) is 10.9. The number of benzene rings is 2. The second kappa shape index (κ2) is 9.69. The van der Waals surface area contributed by atoms with Gasteiger partial charge in [-0.3, -0.25) is 9.78 Å². The SMILES string of the molecule is Cc1cc(C(CC(c2ccc(C3=CC(=O)NCC3)cc2)c2ccccc2C)N=O)ccn1. The Morgan fingerprint density at radius 1 is 1.03 bits per heavy atom. The van der Waals surface area contributed by atoms with E-state index in [9.17, 15) is 9.70 Å². The summed E-state index contributed by atoms with van der Waals surface area (Å²) in [5.74, 6) is -0.0225. The van der Waals surface area contributed by atoms with E-state index in [2.05, 4.69) is 58.8 Å². The highest BCUT2D eigenvalue weighted by molar-refractivity contribution is 5.96. The van der Waals surface area contributed by atoms with Crippen molar-refractivity contribution in [2.24, 2.45) is 5.18 Å². The number of nitrogens with zero attached hydrogens (tertiary/aromatic N) is 2. The van der Waals surface area contributed by atoms with Gasteiger partial charge in [0.05, 0.1) is 0 Å². The quantitative estimate of drug-likeness (QED) is 0.499. The first-order chi connectivity index (χ1) is 15.5. The summed E-state index contributed by atoms with van der Waals surface area (Å²) in [6.45, 7) is 4.68. The van der Waals surface area contributed by atoms with Crippen LogP contribution in [-0.2, 0) is 4.79 Å². The van der Waals surface area contributed by atoms with Crippen molar-refractivity contribution >= 4 is 11.5 Å². The molecular formula is C27H27N3O2. The number of nitrogens with one attached hydrogen (secondary N) is 1. The summed E-state index contributed by atoms with van der Waals surface area (Å²) in [5.41, 5.74) is 7.37. The molecule has 0 saturated heterocycles. The van der Waals surface area contributed by atoms with Crippen molar-refractivity contribution in [3.63, 3.8) is 0 Å². The normalized spacial score (nSPS) is 15.4. The maximum absolute atomic E-state index is 11.9. The predicted molar refractivity (Wildman–Crippen MR) is 127 cm³/mol. The van der Waals surface area contributed by atoms with Gasteiger partial charge < -0.3 is 5.32 Å². The summed E-state index contributed by atoms with van der Waals surface area (Å²) >= 11 is 0. The Kier molecular flexibility index (Phi) is 6.55. The number of hydrogen-bond acceptors (Lipinski definition) is 4. The van der Waals surface area contributed by atoms with Crippen LogP contribution in [0.2, 0.25) is 0 Å². The Morgan fingerprint density at radius 2 is 1.81 bits per heavy atom. The highest BCUT2D eigenvalue weighted by atomic mass is 16.3. The molecule has 1 aliphatic heterocycles. The van der Waals surface area contributed by atoms with Crippen LogP contribution in [0.5, 0.6) is 0 Å². The lowest BCUT2D eigenvalue weighted by Gasteiger charge is -2.23. The number of aromatic nitrogens is 1. The van der Waals surface area contributed by atoms with Gasteiger partial charge in [0.2, 0.25) is 5.91 Å². The van der Waals surface area contributed by atoms with Crippen LogP contribution >= 0.6 is 0 Å². The van der Waals surface area contributed by atoms with Gasteiger partial charge in [-0.25, -0.2) is 0 Å². The van der Waals surface area contributed by atoms with Crippen molar-refractivity contribution in [3.8, 4) is 0 Å².